The molecule has 1 saturated heterocycles. The van der Waals surface area contributed by atoms with E-state index in [2.05, 4.69) is 5.32 Å². The van der Waals surface area contributed by atoms with Crippen molar-refractivity contribution in [2.24, 2.45) is 0 Å². The van der Waals surface area contributed by atoms with Crippen molar-refractivity contribution >= 4 is 27.6 Å². The molecule has 26 heavy (non-hydrogen) atoms. The van der Waals surface area contributed by atoms with Crippen molar-refractivity contribution in [2.75, 3.05) is 31.5 Å². The lowest BCUT2D eigenvalue weighted by molar-refractivity contribution is -0.136. The smallest absolute Gasteiger partial charge is 0.294 e. The zero-order valence-corrected chi connectivity index (χ0v) is 14.9. The second kappa shape index (κ2) is 7.99. The number of carbonyl (C=O) groups excluding carboxylic acids is 2. The molecule has 0 saturated carbocycles. The predicted molar refractivity (Wildman–Crippen MR) is 92.4 cm³/mol. The van der Waals surface area contributed by atoms with Gasteiger partial charge in [0.1, 0.15) is 11.6 Å². The molecule has 2 amide bonds. The molecule has 0 aliphatic carbocycles. The van der Waals surface area contributed by atoms with E-state index in [1.54, 1.807) is 4.90 Å². The van der Waals surface area contributed by atoms with Crippen molar-refractivity contribution < 1.29 is 22.6 Å². The molecule has 0 unspecified atom stereocenters. The molecule has 9 nitrogen and oxygen atoms in total. The summed E-state index contributed by atoms with van der Waals surface area (Å²) in [6.07, 6.45) is 1.18. The van der Waals surface area contributed by atoms with E-state index >= 15 is 0 Å². The van der Waals surface area contributed by atoms with Crippen LogP contribution in [0.4, 0.5) is 5.69 Å². The quantitative estimate of drug-likeness (QED) is 0.442. The molecular formula is C16H18N4O5S. The number of hydrogen-bond acceptors (Lipinski definition) is 6. The topological polar surface area (TPSA) is 131 Å². The van der Waals surface area contributed by atoms with Gasteiger partial charge in [-0.05, 0) is 18.2 Å². The SMILES string of the molecule is CC(=O)N1CCN(C(=O)/C(C#N)=C\Nc2cccc(S(=O)(=O)O)c2)CC1. The van der Waals surface area contributed by atoms with Crippen LogP contribution in [0, 0.1) is 11.3 Å². The fraction of sp³-hybridized carbons (Fsp3) is 0.312. The van der Waals surface area contributed by atoms with Crippen LogP contribution in [0.5, 0.6) is 0 Å². The molecule has 1 aliphatic heterocycles. The fourth-order valence-electron chi connectivity index (χ4n) is 2.44. The number of nitriles is 1. The second-order valence-corrected chi connectivity index (χ2v) is 7.04. The van der Waals surface area contributed by atoms with Crippen molar-refractivity contribution in [3.8, 4) is 6.07 Å². The normalized spacial score (nSPS) is 15.3. The summed E-state index contributed by atoms with van der Waals surface area (Å²) in [7, 11) is -4.35. The van der Waals surface area contributed by atoms with Crippen LogP contribution in [0.2, 0.25) is 0 Å². The number of anilines is 1. The van der Waals surface area contributed by atoms with Gasteiger partial charge in [-0.1, -0.05) is 6.07 Å². The van der Waals surface area contributed by atoms with Gasteiger partial charge < -0.3 is 15.1 Å². The summed E-state index contributed by atoms with van der Waals surface area (Å²) in [4.78, 5) is 26.5. The molecule has 0 aromatic heterocycles. The Morgan fingerprint density at radius 3 is 2.38 bits per heavy atom. The Morgan fingerprint density at radius 2 is 1.85 bits per heavy atom. The first-order valence-corrected chi connectivity index (χ1v) is 9.15. The van der Waals surface area contributed by atoms with Gasteiger partial charge in [-0.2, -0.15) is 13.7 Å². The highest BCUT2D eigenvalue weighted by Gasteiger charge is 2.24. The zero-order chi connectivity index (χ0) is 19.3. The fourth-order valence-corrected chi connectivity index (χ4v) is 2.96. The van der Waals surface area contributed by atoms with Crippen LogP contribution >= 0.6 is 0 Å². The number of benzene rings is 1. The molecule has 10 heteroatoms. The van der Waals surface area contributed by atoms with Crippen LogP contribution in [0.15, 0.2) is 40.9 Å². The Hall–Kier alpha value is -2.90. The molecule has 0 radical (unpaired) electrons. The lowest BCUT2D eigenvalue weighted by Gasteiger charge is -2.34. The summed E-state index contributed by atoms with van der Waals surface area (Å²) < 4.78 is 31.3. The Kier molecular flexibility index (Phi) is 5.97. The van der Waals surface area contributed by atoms with E-state index in [1.807, 2.05) is 6.07 Å². The predicted octanol–water partition coefficient (Wildman–Crippen LogP) is 0.443. The van der Waals surface area contributed by atoms with Gasteiger partial charge in [0.2, 0.25) is 5.91 Å². The van der Waals surface area contributed by atoms with Gasteiger partial charge in [0.05, 0.1) is 4.90 Å². The van der Waals surface area contributed by atoms with Crippen LogP contribution in [0.3, 0.4) is 0 Å². The van der Waals surface area contributed by atoms with E-state index in [1.165, 1.54) is 42.3 Å². The lowest BCUT2D eigenvalue weighted by Crippen LogP contribution is -2.50. The van der Waals surface area contributed by atoms with Gasteiger partial charge in [0.25, 0.3) is 16.0 Å². The lowest BCUT2D eigenvalue weighted by atomic mass is 10.2. The Labute approximate surface area is 151 Å². The summed E-state index contributed by atoms with van der Waals surface area (Å²) in [6.45, 7) is 2.93. The molecule has 2 N–H and O–H groups in total. The molecule has 2 rings (SSSR count). The molecular weight excluding hydrogens is 360 g/mol. The average Bonchev–Trinajstić information content (AvgIpc) is 2.61. The largest absolute Gasteiger partial charge is 0.360 e. The minimum absolute atomic E-state index is 0.0615. The van der Waals surface area contributed by atoms with Gasteiger partial charge in [0, 0.05) is 45.0 Å². The van der Waals surface area contributed by atoms with Crippen LogP contribution < -0.4 is 5.32 Å². The maximum Gasteiger partial charge on any atom is 0.294 e. The highest BCUT2D eigenvalue weighted by molar-refractivity contribution is 7.85. The van der Waals surface area contributed by atoms with E-state index < -0.39 is 16.0 Å². The van der Waals surface area contributed by atoms with Gasteiger partial charge in [-0.3, -0.25) is 14.1 Å². The number of nitrogens with zero attached hydrogens (tertiary/aromatic N) is 3. The van der Waals surface area contributed by atoms with Gasteiger partial charge >= 0.3 is 0 Å². The minimum Gasteiger partial charge on any atom is -0.360 e. The first-order chi connectivity index (χ1) is 12.2. The van der Waals surface area contributed by atoms with Crippen molar-refractivity contribution in [1.29, 1.82) is 5.26 Å². The van der Waals surface area contributed by atoms with E-state index in [0.29, 0.717) is 31.9 Å². The second-order valence-electron chi connectivity index (χ2n) is 5.62. The van der Waals surface area contributed by atoms with Crippen molar-refractivity contribution in [1.82, 2.24) is 9.80 Å². The summed E-state index contributed by atoms with van der Waals surface area (Å²) in [5.41, 5.74) is 0.139. The highest BCUT2D eigenvalue weighted by atomic mass is 32.2. The average molecular weight is 378 g/mol. The van der Waals surface area contributed by atoms with Crippen LogP contribution in [0.25, 0.3) is 0 Å². The molecule has 0 spiro atoms. The number of piperazine rings is 1. The first kappa shape index (κ1) is 19.4. The van der Waals surface area contributed by atoms with Crippen molar-refractivity contribution in [2.45, 2.75) is 11.8 Å². The third-order valence-corrected chi connectivity index (χ3v) is 4.73. The monoisotopic (exact) mass is 378 g/mol. The van der Waals surface area contributed by atoms with E-state index in [-0.39, 0.29) is 16.4 Å². The molecule has 0 atom stereocenters. The molecule has 1 aromatic carbocycles. The summed E-state index contributed by atoms with van der Waals surface area (Å²) in [5, 5.41) is 11.9. The van der Waals surface area contributed by atoms with Crippen molar-refractivity contribution in [3.63, 3.8) is 0 Å². The Morgan fingerprint density at radius 1 is 1.23 bits per heavy atom. The number of rotatable bonds is 4. The molecule has 0 bridgehead atoms. The number of nitrogens with one attached hydrogen (secondary N) is 1. The molecule has 1 heterocycles. The molecule has 1 aliphatic rings. The van der Waals surface area contributed by atoms with E-state index in [9.17, 15) is 23.3 Å². The molecule has 1 aromatic rings. The maximum atomic E-state index is 12.4. The third kappa shape index (κ3) is 4.81. The first-order valence-electron chi connectivity index (χ1n) is 7.71. The standard InChI is InChI=1S/C16H18N4O5S/c1-12(21)19-5-7-20(8-6-19)16(22)13(10-17)11-18-14-3-2-4-15(9-14)26(23,24)25/h2-4,9,11,18H,5-8H2,1H3,(H,23,24,25)/b13-11-. The summed E-state index contributed by atoms with van der Waals surface area (Å²) in [6, 6.07) is 7.14. The molecule has 138 valence electrons. The Bertz CT molecular complexity index is 880. The summed E-state index contributed by atoms with van der Waals surface area (Å²) >= 11 is 0. The molecule has 1 fully saturated rings. The highest BCUT2D eigenvalue weighted by Crippen LogP contribution is 2.16. The van der Waals surface area contributed by atoms with Gasteiger partial charge in [-0.15, -0.1) is 0 Å². The van der Waals surface area contributed by atoms with E-state index in [4.69, 9.17) is 4.55 Å². The van der Waals surface area contributed by atoms with Gasteiger partial charge in [0.15, 0.2) is 0 Å². The van der Waals surface area contributed by atoms with Crippen molar-refractivity contribution in [3.05, 3.63) is 36.0 Å². The summed E-state index contributed by atoms with van der Waals surface area (Å²) in [5.74, 6) is -0.539. The van der Waals surface area contributed by atoms with E-state index in [0.717, 1.165) is 0 Å². The number of hydrogen-bond donors (Lipinski definition) is 2. The zero-order valence-electron chi connectivity index (χ0n) is 14.0. The minimum atomic E-state index is -4.35. The van der Waals surface area contributed by atoms with Crippen LogP contribution in [-0.4, -0.2) is 60.8 Å². The number of amides is 2. The third-order valence-electron chi connectivity index (χ3n) is 3.88. The van der Waals surface area contributed by atoms with Gasteiger partial charge in [-0.25, -0.2) is 0 Å². The van der Waals surface area contributed by atoms with Crippen LogP contribution in [-0.2, 0) is 19.7 Å². The maximum absolute atomic E-state index is 12.4. The number of carbonyl (C=O) groups is 2. The Balaban J connectivity index is 2.08. The van der Waals surface area contributed by atoms with Crippen LogP contribution in [0.1, 0.15) is 6.92 Å².